The standard InChI is InChI=1S/C19H21NO3/c20-18(19(22)23)13-16-8-6-14(7-9-16)10-11-17(21)12-15-4-2-1-3-5-15/h1-9,18H,10-13,20H2,(H,22,23)/t18-/m0/s1. The smallest absolute Gasteiger partial charge is 0.320 e. The largest absolute Gasteiger partial charge is 0.480 e. The Morgan fingerprint density at radius 3 is 2.13 bits per heavy atom. The van der Waals surface area contributed by atoms with Gasteiger partial charge in [-0.1, -0.05) is 54.6 Å². The van der Waals surface area contributed by atoms with E-state index in [4.69, 9.17) is 10.8 Å². The minimum Gasteiger partial charge on any atom is -0.480 e. The van der Waals surface area contributed by atoms with E-state index in [1.807, 2.05) is 54.6 Å². The van der Waals surface area contributed by atoms with Crippen molar-refractivity contribution in [1.82, 2.24) is 0 Å². The number of hydrogen-bond donors (Lipinski definition) is 2. The van der Waals surface area contributed by atoms with Crippen molar-refractivity contribution in [3.63, 3.8) is 0 Å². The summed E-state index contributed by atoms with van der Waals surface area (Å²) in [6.07, 6.45) is 1.97. The lowest BCUT2D eigenvalue weighted by atomic mass is 10.00. The molecule has 2 rings (SSSR count). The lowest BCUT2D eigenvalue weighted by Gasteiger charge is -2.07. The Hall–Kier alpha value is -2.46. The minimum atomic E-state index is -0.999. The van der Waals surface area contributed by atoms with Gasteiger partial charge < -0.3 is 10.8 Å². The van der Waals surface area contributed by atoms with Gasteiger partial charge in [0.2, 0.25) is 0 Å². The van der Waals surface area contributed by atoms with E-state index >= 15 is 0 Å². The van der Waals surface area contributed by atoms with Crippen molar-refractivity contribution < 1.29 is 14.7 Å². The van der Waals surface area contributed by atoms with E-state index in [1.54, 1.807) is 0 Å². The Kier molecular flexibility index (Phi) is 6.06. The topological polar surface area (TPSA) is 80.4 Å². The number of rotatable bonds is 8. The van der Waals surface area contributed by atoms with Crippen molar-refractivity contribution in [2.75, 3.05) is 0 Å². The normalized spacial score (nSPS) is 11.9. The maximum absolute atomic E-state index is 12.0. The second-order valence-electron chi connectivity index (χ2n) is 5.67. The van der Waals surface area contributed by atoms with Gasteiger partial charge in [-0.15, -0.1) is 0 Å². The molecule has 2 aromatic carbocycles. The maximum atomic E-state index is 12.0. The number of nitrogens with two attached hydrogens (primary N) is 1. The van der Waals surface area contributed by atoms with Crippen molar-refractivity contribution in [2.45, 2.75) is 31.7 Å². The molecule has 0 aliphatic carbocycles. The van der Waals surface area contributed by atoms with Gasteiger partial charge in [-0.25, -0.2) is 0 Å². The van der Waals surface area contributed by atoms with Crippen LogP contribution >= 0.6 is 0 Å². The first-order valence-electron chi connectivity index (χ1n) is 7.66. The van der Waals surface area contributed by atoms with Gasteiger partial charge in [0.05, 0.1) is 0 Å². The van der Waals surface area contributed by atoms with Crippen LogP contribution in [-0.4, -0.2) is 22.9 Å². The molecule has 4 nitrogen and oxygen atoms in total. The van der Waals surface area contributed by atoms with E-state index in [2.05, 4.69) is 0 Å². The zero-order valence-electron chi connectivity index (χ0n) is 12.9. The molecule has 23 heavy (non-hydrogen) atoms. The summed E-state index contributed by atoms with van der Waals surface area (Å²) in [5.41, 5.74) is 8.51. The predicted molar refractivity (Wildman–Crippen MR) is 89.2 cm³/mol. The van der Waals surface area contributed by atoms with Crippen LogP contribution in [0.5, 0.6) is 0 Å². The quantitative estimate of drug-likeness (QED) is 0.784. The van der Waals surface area contributed by atoms with Crippen LogP contribution in [0.15, 0.2) is 54.6 Å². The Morgan fingerprint density at radius 2 is 1.52 bits per heavy atom. The fourth-order valence-electron chi connectivity index (χ4n) is 2.38. The van der Waals surface area contributed by atoms with Crippen LogP contribution in [0.25, 0.3) is 0 Å². The average Bonchev–Trinajstić information content (AvgIpc) is 2.55. The molecule has 0 saturated carbocycles. The van der Waals surface area contributed by atoms with E-state index in [0.717, 1.165) is 16.7 Å². The maximum Gasteiger partial charge on any atom is 0.320 e. The number of carboxylic acid groups (broad SMARTS) is 1. The zero-order valence-corrected chi connectivity index (χ0v) is 12.9. The van der Waals surface area contributed by atoms with Gasteiger partial charge in [0.1, 0.15) is 11.8 Å². The van der Waals surface area contributed by atoms with Gasteiger partial charge in [0.25, 0.3) is 0 Å². The third kappa shape index (κ3) is 5.68. The van der Waals surface area contributed by atoms with E-state index in [1.165, 1.54) is 0 Å². The fraction of sp³-hybridized carbons (Fsp3) is 0.263. The van der Waals surface area contributed by atoms with Crippen molar-refractivity contribution in [2.24, 2.45) is 5.73 Å². The SMILES string of the molecule is N[C@@H](Cc1ccc(CCC(=O)Cc2ccccc2)cc1)C(=O)O. The van der Waals surface area contributed by atoms with Crippen molar-refractivity contribution >= 4 is 11.8 Å². The molecule has 0 saturated heterocycles. The van der Waals surface area contributed by atoms with E-state index in [0.29, 0.717) is 25.7 Å². The first kappa shape index (κ1) is 16.9. The Balaban J connectivity index is 1.82. The van der Waals surface area contributed by atoms with Crippen LogP contribution < -0.4 is 5.73 Å². The third-order valence-corrected chi connectivity index (χ3v) is 3.73. The van der Waals surface area contributed by atoms with Gasteiger partial charge in [0.15, 0.2) is 0 Å². The molecular weight excluding hydrogens is 290 g/mol. The molecule has 0 fully saturated rings. The van der Waals surface area contributed by atoms with Crippen molar-refractivity contribution in [3.8, 4) is 0 Å². The van der Waals surface area contributed by atoms with Gasteiger partial charge in [-0.3, -0.25) is 9.59 Å². The molecule has 0 spiro atoms. The van der Waals surface area contributed by atoms with Crippen LogP contribution in [0.3, 0.4) is 0 Å². The Labute approximate surface area is 136 Å². The highest BCUT2D eigenvalue weighted by molar-refractivity contribution is 5.81. The number of benzene rings is 2. The van der Waals surface area contributed by atoms with Crippen LogP contribution in [0.2, 0.25) is 0 Å². The number of carboxylic acids is 1. The molecule has 1 atom stereocenters. The molecule has 4 heteroatoms. The van der Waals surface area contributed by atoms with Crippen molar-refractivity contribution in [3.05, 3.63) is 71.3 Å². The second kappa shape index (κ2) is 8.25. The van der Waals surface area contributed by atoms with Crippen LogP contribution in [0, 0.1) is 0 Å². The highest BCUT2D eigenvalue weighted by Gasteiger charge is 2.12. The number of aryl methyl sites for hydroxylation is 1. The third-order valence-electron chi connectivity index (χ3n) is 3.73. The predicted octanol–water partition coefficient (Wildman–Crippen LogP) is 2.39. The first-order valence-corrected chi connectivity index (χ1v) is 7.66. The fourth-order valence-corrected chi connectivity index (χ4v) is 2.38. The molecular formula is C19H21NO3. The molecule has 0 aromatic heterocycles. The number of aliphatic carboxylic acids is 1. The summed E-state index contributed by atoms with van der Waals surface area (Å²) in [5.74, 6) is -0.784. The highest BCUT2D eigenvalue weighted by Crippen LogP contribution is 2.10. The molecule has 0 amide bonds. The number of Topliss-reactive ketones (excluding diaryl/α,β-unsaturated/α-hetero) is 1. The summed E-state index contributed by atoms with van der Waals surface area (Å²) in [7, 11) is 0. The molecule has 0 heterocycles. The zero-order chi connectivity index (χ0) is 16.7. The molecule has 3 N–H and O–H groups in total. The second-order valence-corrected chi connectivity index (χ2v) is 5.67. The number of carbonyl (C=O) groups excluding carboxylic acids is 1. The molecule has 0 unspecified atom stereocenters. The van der Waals surface area contributed by atoms with Gasteiger partial charge in [-0.05, 0) is 29.5 Å². The van der Waals surface area contributed by atoms with Gasteiger partial charge in [-0.2, -0.15) is 0 Å². The number of ketones is 1. The number of hydrogen-bond acceptors (Lipinski definition) is 3. The van der Waals surface area contributed by atoms with Crippen LogP contribution in [0.1, 0.15) is 23.1 Å². The lowest BCUT2D eigenvalue weighted by molar-refractivity contribution is -0.138. The van der Waals surface area contributed by atoms with Crippen molar-refractivity contribution in [1.29, 1.82) is 0 Å². The van der Waals surface area contributed by atoms with E-state index < -0.39 is 12.0 Å². The average molecular weight is 311 g/mol. The van der Waals surface area contributed by atoms with Gasteiger partial charge >= 0.3 is 5.97 Å². The molecule has 0 bridgehead atoms. The van der Waals surface area contributed by atoms with Gasteiger partial charge in [0, 0.05) is 12.8 Å². The highest BCUT2D eigenvalue weighted by atomic mass is 16.4. The summed E-state index contributed by atoms with van der Waals surface area (Å²) in [5, 5.41) is 8.80. The minimum absolute atomic E-state index is 0.216. The summed E-state index contributed by atoms with van der Waals surface area (Å²) in [6, 6.07) is 16.4. The molecule has 0 aliphatic rings. The molecule has 2 aromatic rings. The summed E-state index contributed by atoms with van der Waals surface area (Å²) in [6.45, 7) is 0. The molecule has 0 radical (unpaired) electrons. The van der Waals surface area contributed by atoms with Crippen LogP contribution in [-0.2, 0) is 28.9 Å². The van der Waals surface area contributed by atoms with E-state index in [-0.39, 0.29) is 5.78 Å². The monoisotopic (exact) mass is 311 g/mol. The van der Waals surface area contributed by atoms with Crippen LogP contribution in [0.4, 0.5) is 0 Å². The summed E-state index contributed by atoms with van der Waals surface area (Å²) in [4.78, 5) is 22.7. The first-order chi connectivity index (χ1) is 11.0. The summed E-state index contributed by atoms with van der Waals surface area (Å²) >= 11 is 0. The molecule has 120 valence electrons. The molecule has 0 aliphatic heterocycles. The summed E-state index contributed by atoms with van der Waals surface area (Å²) < 4.78 is 0. The Morgan fingerprint density at radius 1 is 0.913 bits per heavy atom. The van der Waals surface area contributed by atoms with E-state index in [9.17, 15) is 9.59 Å². The Bertz CT molecular complexity index is 650. The lowest BCUT2D eigenvalue weighted by Crippen LogP contribution is -2.32. The number of carbonyl (C=O) groups is 2.